The number of nitrogens with zero attached hydrogens (tertiary/aromatic N) is 1. The van der Waals surface area contributed by atoms with Crippen LogP contribution in [-0.4, -0.2) is 21.8 Å². The van der Waals surface area contributed by atoms with Gasteiger partial charge in [0.25, 0.3) is 0 Å². The number of hydrogen-bond donors (Lipinski definition) is 1. The number of carboxylic acids is 1. The molecule has 0 amide bonds. The van der Waals surface area contributed by atoms with Gasteiger partial charge < -0.3 is 5.11 Å². The summed E-state index contributed by atoms with van der Waals surface area (Å²) in [6.45, 7) is 1.36. The largest absolute Gasteiger partial charge is 0.478 e. The van der Waals surface area contributed by atoms with Crippen LogP contribution in [0.4, 0.5) is 4.39 Å². The van der Waals surface area contributed by atoms with Gasteiger partial charge in [-0.1, -0.05) is 17.8 Å². The Morgan fingerprint density at radius 1 is 1.20 bits per heavy atom. The number of ketones is 1. The number of hydrogen-bond acceptors (Lipinski definition) is 4. The smallest absolute Gasteiger partial charge is 0.335 e. The molecular weight excluding hydrogens is 281 g/mol. The SMILES string of the molecule is CC(=O)c1ccc(Sc2cc(C(=O)O)ccn2)c(F)c1. The molecule has 1 heterocycles. The Balaban J connectivity index is 2.28. The molecule has 0 saturated carbocycles. The summed E-state index contributed by atoms with van der Waals surface area (Å²) in [5.74, 6) is -1.82. The number of halogens is 1. The van der Waals surface area contributed by atoms with Crippen LogP contribution < -0.4 is 0 Å². The zero-order valence-corrected chi connectivity index (χ0v) is 11.3. The molecule has 20 heavy (non-hydrogen) atoms. The van der Waals surface area contributed by atoms with Crippen molar-refractivity contribution in [1.29, 1.82) is 0 Å². The Kier molecular flexibility index (Phi) is 4.14. The molecule has 4 nitrogen and oxygen atoms in total. The Morgan fingerprint density at radius 2 is 1.95 bits per heavy atom. The number of carbonyl (C=O) groups excluding carboxylic acids is 1. The molecule has 1 aromatic heterocycles. The van der Waals surface area contributed by atoms with Crippen molar-refractivity contribution in [3.63, 3.8) is 0 Å². The van der Waals surface area contributed by atoms with Gasteiger partial charge in [-0.25, -0.2) is 14.2 Å². The van der Waals surface area contributed by atoms with Crippen molar-refractivity contribution in [1.82, 2.24) is 4.98 Å². The summed E-state index contributed by atoms with van der Waals surface area (Å²) in [4.78, 5) is 26.2. The van der Waals surface area contributed by atoms with E-state index in [1.165, 1.54) is 37.4 Å². The lowest BCUT2D eigenvalue weighted by molar-refractivity contribution is 0.0696. The van der Waals surface area contributed by atoms with Crippen molar-refractivity contribution in [3.8, 4) is 0 Å². The minimum atomic E-state index is -1.07. The Hall–Kier alpha value is -2.21. The summed E-state index contributed by atoms with van der Waals surface area (Å²) in [6, 6.07) is 6.89. The van der Waals surface area contributed by atoms with Crippen molar-refractivity contribution in [3.05, 3.63) is 53.5 Å². The lowest BCUT2D eigenvalue weighted by Crippen LogP contribution is -1.97. The highest BCUT2D eigenvalue weighted by atomic mass is 32.2. The average molecular weight is 291 g/mol. The number of rotatable bonds is 4. The number of aromatic carboxylic acids is 1. The lowest BCUT2D eigenvalue weighted by Gasteiger charge is -2.04. The first-order valence-corrected chi connectivity index (χ1v) is 6.46. The fraction of sp³-hybridized carbons (Fsp3) is 0.0714. The van der Waals surface area contributed by atoms with Crippen molar-refractivity contribution in [2.75, 3.05) is 0 Å². The molecule has 0 saturated heterocycles. The van der Waals surface area contributed by atoms with Crippen LogP contribution in [0, 0.1) is 5.82 Å². The van der Waals surface area contributed by atoms with Crippen LogP contribution in [0.2, 0.25) is 0 Å². The van der Waals surface area contributed by atoms with Crippen molar-refractivity contribution in [2.45, 2.75) is 16.8 Å². The molecule has 0 aliphatic carbocycles. The highest BCUT2D eigenvalue weighted by molar-refractivity contribution is 7.99. The Morgan fingerprint density at radius 3 is 2.55 bits per heavy atom. The molecule has 1 aromatic carbocycles. The minimum absolute atomic E-state index is 0.0864. The van der Waals surface area contributed by atoms with Crippen molar-refractivity contribution in [2.24, 2.45) is 0 Å². The zero-order chi connectivity index (χ0) is 14.7. The van der Waals surface area contributed by atoms with Crippen LogP contribution in [0.25, 0.3) is 0 Å². The van der Waals surface area contributed by atoms with Gasteiger partial charge in [0, 0.05) is 16.7 Å². The first-order valence-electron chi connectivity index (χ1n) is 5.65. The lowest BCUT2D eigenvalue weighted by atomic mass is 10.1. The maximum Gasteiger partial charge on any atom is 0.335 e. The molecule has 6 heteroatoms. The summed E-state index contributed by atoms with van der Waals surface area (Å²) >= 11 is 1.01. The second kappa shape index (κ2) is 5.83. The molecule has 0 atom stereocenters. The molecular formula is C14H10FNO3S. The highest BCUT2D eigenvalue weighted by Gasteiger charge is 2.10. The van der Waals surface area contributed by atoms with E-state index in [2.05, 4.69) is 4.98 Å². The van der Waals surface area contributed by atoms with Gasteiger partial charge in [0.1, 0.15) is 10.8 Å². The Bertz CT molecular complexity index is 688. The van der Waals surface area contributed by atoms with Crippen LogP contribution in [0.15, 0.2) is 46.5 Å². The Labute approximate surface area is 118 Å². The van der Waals surface area contributed by atoms with Gasteiger partial charge >= 0.3 is 5.97 Å². The van der Waals surface area contributed by atoms with Crippen LogP contribution in [0.5, 0.6) is 0 Å². The molecule has 2 aromatic rings. The predicted octanol–water partition coefficient (Wildman–Crippen LogP) is 3.27. The molecule has 0 aliphatic rings. The first-order chi connectivity index (χ1) is 9.47. The monoisotopic (exact) mass is 291 g/mol. The van der Waals surface area contributed by atoms with Crippen LogP contribution in [-0.2, 0) is 0 Å². The van der Waals surface area contributed by atoms with Crippen molar-refractivity contribution < 1.29 is 19.1 Å². The average Bonchev–Trinajstić information content (AvgIpc) is 2.41. The van der Waals surface area contributed by atoms with Gasteiger partial charge in [-0.15, -0.1) is 0 Å². The van der Waals surface area contributed by atoms with E-state index in [0.29, 0.717) is 10.6 Å². The maximum atomic E-state index is 13.8. The number of carboxylic acid groups (broad SMARTS) is 1. The van der Waals surface area contributed by atoms with Gasteiger partial charge in [0.2, 0.25) is 0 Å². The number of Topliss-reactive ketones (excluding diaryl/α,β-unsaturated/α-hetero) is 1. The van der Waals surface area contributed by atoms with E-state index < -0.39 is 11.8 Å². The number of benzene rings is 1. The summed E-state index contributed by atoms with van der Waals surface area (Å²) in [7, 11) is 0. The summed E-state index contributed by atoms with van der Waals surface area (Å²) in [5, 5.41) is 9.25. The summed E-state index contributed by atoms with van der Waals surface area (Å²) in [6.07, 6.45) is 1.35. The number of pyridine rings is 1. The van der Waals surface area contributed by atoms with Gasteiger partial charge in [0.05, 0.1) is 5.56 Å². The van der Waals surface area contributed by atoms with E-state index in [9.17, 15) is 14.0 Å². The summed E-state index contributed by atoms with van der Waals surface area (Å²) in [5.41, 5.74) is 0.377. The molecule has 0 bridgehead atoms. The van der Waals surface area contributed by atoms with Gasteiger partial charge in [0.15, 0.2) is 5.78 Å². The molecule has 0 unspecified atom stereocenters. The fourth-order valence-corrected chi connectivity index (χ4v) is 2.33. The molecule has 0 aliphatic heterocycles. The maximum absolute atomic E-state index is 13.8. The highest BCUT2D eigenvalue weighted by Crippen LogP contribution is 2.29. The van der Waals surface area contributed by atoms with Gasteiger partial charge in [-0.3, -0.25) is 4.79 Å². The molecule has 102 valence electrons. The number of carbonyl (C=O) groups is 2. The summed E-state index contributed by atoms with van der Waals surface area (Å²) < 4.78 is 13.8. The topological polar surface area (TPSA) is 67.3 Å². The van der Waals surface area contributed by atoms with Crippen LogP contribution >= 0.6 is 11.8 Å². The van der Waals surface area contributed by atoms with Gasteiger partial charge in [-0.05, 0) is 31.2 Å². The zero-order valence-electron chi connectivity index (χ0n) is 10.5. The second-order valence-electron chi connectivity index (χ2n) is 3.99. The minimum Gasteiger partial charge on any atom is -0.478 e. The van der Waals surface area contributed by atoms with E-state index in [-0.39, 0.29) is 16.2 Å². The van der Waals surface area contributed by atoms with Crippen LogP contribution in [0.1, 0.15) is 27.6 Å². The van der Waals surface area contributed by atoms with E-state index in [0.717, 1.165) is 17.8 Å². The van der Waals surface area contributed by atoms with Crippen LogP contribution in [0.3, 0.4) is 0 Å². The molecule has 0 radical (unpaired) electrons. The van der Waals surface area contributed by atoms with E-state index in [1.54, 1.807) is 0 Å². The van der Waals surface area contributed by atoms with Gasteiger partial charge in [-0.2, -0.15) is 0 Å². The third-order valence-electron chi connectivity index (χ3n) is 2.53. The molecule has 0 spiro atoms. The quantitative estimate of drug-likeness (QED) is 0.876. The molecule has 2 rings (SSSR count). The third-order valence-corrected chi connectivity index (χ3v) is 3.52. The standard InChI is InChI=1S/C14H10FNO3S/c1-8(17)9-2-3-12(11(15)6-9)20-13-7-10(14(18)19)4-5-16-13/h2-7H,1H3,(H,18,19). The first kappa shape index (κ1) is 14.2. The van der Waals surface area contributed by atoms with Crippen molar-refractivity contribution >= 4 is 23.5 Å². The molecule has 0 fully saturated rings. The number of aromatic nitrogens is 1. The normalized spacial score (nSPS) is 10.3. The third kappa shape index (κ3) is 3.21. The fourth-order valence-electron chi connectivity index (χ4n) is 1.51. The van der Waals surface area contributed by atoms with E-state index in [4.69, 9.17) is 5.11 Å². The predicted molar refractivity (Wildman–Crippen MR) is 71.7 cm³/mol. The molecule has 1 N–H and O–H groups in total. The second-order valence-corrected chi connectivity index (χ2v) is 5.05. The van der Waals surface area contributed by atoms with E-state index >= 15 is 0 Å². The van der Waals surface area contributed by atoms with E-state index in [1.807, 2.05) is 0 Å².